The van der Waals surface area contributed by atoms with Gasteiger partial charge in [0.15, 0.2) is 5.82 Å². The van der Waals surface area contributed by atoms with E-state index in [0.29, 0.717) is 24.4 Å². The normalized spacial score (nSPS) is 20.9. The second-order valence-electron chi connectivity index (χ2n) is 10.3. The lowest BCUT2D eigenvalue weighted by molar-refractivity contribution is -0.167. The summed E-state index contributed by atoms with van der Waals surface area (Å²) in [5, 5.41) is 26.1. The van der Waals surface area contributed by atoms with Crippen LogP contribution in [-0.2, 0) is 28.8 Å². The van der Waals surface area contributed by atoms with Gasteiger partial charge in [-0.25, -0.2) is 14.3 Å². The van der Waals surface area contributed by atoms with Crippen LogP contribution in [0, 0.1) is 19.8 Å². The summed E-state index contributed by atoms with van der Waals surface area (Å²) in [4.78, 5) is 22.2. The quantitative estimate of drug-likeness (QED) is 0.455. The number of phenols is 1. The van der Waals surface area contributed by atoms with E-state index in [-0.39, 0.29) is 35.8 Å². The Hall–Kier alpha value is -3.42. The van der Waals surface area contributed by atoms with Crippen molar-refractivity contribution in [3.63, 3.8) is 0 Å². The predicted molar refractivity (Wildman–Crippen MR) is 135 cm³/mol. The smallest absolute Gasteiger partial charge is 0.338 e. The highest BCUT2D eigenvalue weighted by Gasteiger charge is 2.48. The molecule has 0 radical (unpaired) electrons. The van der Waals surface area contributed by atoms with E-state index in [9.17, 15) is 15.0 Å². The summed E-state index contributed by atoms with van der Waals surface area (Å²) in [6.07, 6.45) is 6.49. The summed E-state index contributed by atoms with van der Waals surface area (Å²) in [5.74, 6) is 0.894. The van der Waals surface area contributed by atoms with Crippen molar-refractivity contribution in [2.24, 2.45) is 5.92 Å². The van der Waals surface area contributed by atoms with Crippen molar-refractivity contribution in [1.29, 1.82) is 0 Å². The number of hydrogen-bond acceptors (Lipinski definition) is 7. The number of aromatic nitrogens is 4. The van der Waals surface area contributed by atoms with Crippen LogP contribution in [0.4, 0.5) is 0 Å². The highest BCUT2D eigenvalue weighted by Crippen LogP contribution is 2.46. The molecule has 1 aromatic carbocycles. The molecule has 8 nitrogen and oxygen atoms in total. The summed E-state index contributed by atoms with van der Waals surface area (Å²) < 4.78 is 7.88. The molecule has 1 fully saturated rings. The SMILES string of the molecule is CCc1ccc(O)c(CCC2(C3CCCC3)CC(O)=C(Cc3nc4nc(C)cc(C)n4n3)C(=O)O2)c1. The van der Waals surface area contributed by atoms with E-state index in [4.69, 9.17) is 4.74 Å². The van der Waals surface area contributed by atoms with Crippen LogP contribution in [0.2, 0.25) is 0 Å². The van der Waals surface area contributed by atoms with Crippen LogP contribution in [0.3, 0.4) is 0 Å². The van der Waals surface area contributed by atoms with Crippen LogP contribution in [0.15, 0.2) is 35.6 Å². The van der Waals surface area contributed by atoms with E-state index < -0.39 is 11.6 Å². The number of esters is 1. The fraction of sp³-hybridized carbons (Fsp3) is 0.500. The largest absolute Gasteiger partial charge is 0.512 e. The summed E-state index contributed by atoms with van der Waals surface area (Å²) in [6.45, 7) is 5.91. The van der Waals surface area contributed by atoms with Crippen molar-refractivity contribution < 1.29 is 19.7 Å². The topological polar surface area (TPSA) is 110 Å². The number of phenolic OH excluding ortho intramolecular Hbond substituents is 1. The number of aliphatic hydroxyl groups is 1. The molecule has 5 rings (SSSR count). The number of rotatable bonds is 7. The molecule has 2 aromatic heterocycles. The van der Waals surface area contributed by atoms with Crippen LogP contribution >= 0.6 is 0 Å². The van der Waals surface area contributed by atoms with Gasteiger partial charge in [-0.15, -0.1) is 5.10 Å². The standard InChI is InChI=1S/C28H34N4O4/c1-4-19-9-10-23(33)20(14-19)11-12-28(21-7-5-6-8-21)16-24(34)22(26(35)36-28)15-25-30-27-29-17(2)13-18(3)32(27)31-25/h9-10,13-14,21,33-34H,4-8,11-12,15-16H2,1-3H3. The van der Waals surface area contributed by atoms with Crippen LogP contribution in [0.5, 0.6) is 5.75 Å². The number of aromatic hydroxyl groups is 1. The summed E-state index contributed by atoms with van der Waals surface area (Å²) in [7, 11) is 0. The number of benzene rings is 1. The van der Waals surface area contributed by atoms with Crippen LogP contribution in [-0.4, -0.2) is 41.4 Å². The number of carbonyl (C=O) groups excluding carboxylic acids is 1. The maximum Gasteiger partial charge on any atom is 0.338 e. The third-order valence-electron chi connectivity index (χ3n) is 7.82. The van der Waals surface area contributed by atoms with Crippen molar-refractivity contribution in [2.45, 2.75) is 84.2 Å². The first-order chi connectivity index (χ1) is 17.3. The van der Waals surface area contributed by atoms with Gasteiger partial charge in [0, 0.05) is 24.2 Å². The fourth-order valence-corrected chi connectivity index (χ4v) is 5.83. The Bertz CT molecular complexity index is 1340. The molecule has 0 spiro atoms. The average Bonchev–Trinajstić information content (AvgIpc) is 3.52. The number of carbonyl (C=O) groups is 1. The molecule has 190 valence electrons. The van der Waals surface area contributed by atoms with E-state index in [2.05, 4.69) is 22.0 Å². The van der Waals surface area contributed by atoms with Gasteiger partial charge in [-0.3, -0.25) is 0 Å². The van der Waals surface area contributed by atoms with E-state index in [1.807, 2.05) is 32.0 Å². The molecular weight excluding hydrogens is 456 g/mol. The lowest BCUT2D eigenvalue weighted by atomic mass is 9.76. The Morgan fingerprint density at radius 2 is 1.92 bits per heavy atom. The van der Waals surface area contributed by atoms with Gasteiger partial charge in [-0.2, -0.15) is 4.98 Å². The molecule has 3 aromatic rings. The zero-order valence-corrected chi connectivity index (χ0v) is 21.3. The molecule has 36 heavy (non-hydrogen) atoms. The first-order valence-corrected chi connectivity index (χ1v) is 12.9. The van der Waals surface area contributed by atoms with Crippen molar-refractivity contribution in [3.8, 4) is 5.75 Å². The second-order valence-corrected chi connectivity index (χ2v) is 10.3. The minimum Gasteiger partial charge on any atom is -0.512 e. The van der Waals surface area contributed by atoms with Crippen LogP contribution in [0.1, 0.15) is 73.8 Å². The first kappa shape index (κ1) is 24.3. The molecule has 2 aliphatic rings. The maximum absolute atomic E-state index is 13.3. The summed E-state index contributed by atoms with van der Waals surface area (Å²) in [6, 6.07) is 7.61. The summed E-state index contributed by atoms with van der Waals surface area (Å²) in [5.41, 5.74) is 3.18. The highest BCUT2D eigenvalue weighted by molar-refractivity contribution is 5.90. The molecule has 1 aliphatic heterocycles. The van der Waals surface area contributed by atoms with E-state index in [1.165, 1.54) is 0 Å². The van der Waals surface area contributed by atoms with Gasteiger partial charge in [-0.1, -0.05) is 31.9 Å². The lowest BCUT2D eigenvalue weighted by Gasteiger charge is -2.41. The Labute approximate surface area is 211 Å². The number of ether oxygens (including phenoxy) is 1. The van der Waals surface area contributed by atoms with Gasteiger partial charge in [0.2, 0.25) is 0 Å². The molecule has 2 N–H and O–H groups in total. The number of hydrogen-bond donors (Lipinski definition) is 2. The van der Waals surface area contributed by atoms with E-state index in [0.717, 1.165) is 54.6 Å². The first-order valence-electron chi connectivity index (χ1n) is 12.9. The molecule has 3 heterocycles. The highest BCUT2D eigenvalue weighted by atomic mass is 16.6. The third-order valence-corrected chi connectivity index (χ3v) is 7.82. The maximum atomic E-state index is 13.3. The molecule has 0 saturated heterocycles. The zero-order valence-electron chi connectivity index (χ0n) is 21.3. The molecule has 1 atom stereocenters. The molecule has 8 heteroatoms. The number of aryl methyl sites for hydroxylation is 4. The minimum atomic E-state index is -0.780. The van der Waals surface area contributed by atoms with Crippen LogP contribution in [0.25, 0.3) is 5.78 Å². The van der Waals surface area contributed by atoms with Gasteiger partial charge >= 0.3 is 5.97 Å². The summed E-state index contributed by atoms with van der Waals surface area (Å²) >= 11 is 0. The molecule has 1 aliphatic carbocycles. The molecule has 1 unspecified atom stereocenters. The number of fused-ring (bicyclic) bond motifs is 1. The number of aliphatic hydroxyl groups excluding tert-OH is 1. The minimum absolute atomic E-state index is 0.0596. The van der Waals surface area contributed by atoms with Gasteiger partial charge < -0.3 is 14.9 Å². The van der Waals surface area contributed by atoms with Crippen LogP contribution < -0.4 is 0 Å². The molecule has 1 saturated carbocycles. The Morgan fingerprint density at radius 3 is 2.64 bits per heavy atom. The van der Waals surface area contributed by atoms with Gasteiger partial charge in [0.1, 0.15) is 17.1 Å². The van der Waals surface area contributed by atoms with Gasteiger partial charge in [0.25, 0.3) is 5.78 Å². The van der Waals surface area contributed by atoms with Gasteiger partial charge in [0.05, 0.1) is 5.57 Å². The van der Waals surface area contributed by atoms with Crippen molar-refractivity contribution in [2.75, 3.05) is 0 Å². The van der Waals surface area contributed by atoms with Crippen molar-refractivity contribution >= 4 is 11.7 Å². The Kier molecular flexibility index (Phi) is 6.45. The number of nitrogens with zero attached hydrogens (tertiary/aromatic N) is 4. The fourth-order valence-electron chi connectivity index (χ4n) is 5.83. The lowest BCUT2D eigenvalue weighted by Crippen LogP contribution is -2.46. The molecular formula is C28H34N4O4. The van der Waals surface area contributed by atoms with Gasteiger partial charge in [-0.05, 0) is 75.1 Å². The predicted octanol–water partition coefficient (Wildman–Crippen LogP) is 4.87. The molecule has 0 bridgehead atoms. The van der Waals surface area contributed by atoms with Crippen molar-refractivity contribution in [3.05, 3.63) is 63.9 Å². The zero-order chi connectivity index (χ0) is 25.4. The van der Waals surface area contributed by atoms with E-state index in [1.54, 1.807) is 10.6 Å². The monoisotopic (exact) mass is 490 g/mol. The Balaban J connectivity index is 1.42. The van der Waals surface area contributed by atoms with E-state index >= 15 is 0 Å². The average molecular weight is 491 g/mol. The number of cyclic esters (lactones) is 1. The van der Waals surface area contributed by atoms with Crippen molar-refractivity contribution in [1.82, 2.24) is 19.6 Å². The second kappa shape index (κ2) is 9.56. The molecule has 0 amide bonds. The Morgan fingerprint density at radius 1 is 1.14 bits per heavy atom. The third kappa shape index (κ3) is 4.56.